The molecule has 0 aromatic heterocycles. The molecule has 1 N–H and O–H groups in total. The Morgan fingerprint density at radius 1 is 1.07 bits per heavy atom. The summed E-state index contributed by atoms with van der Waals surface area (Å²) in [6, 6.07) is 10.8. The first-order valence-electron chi connectivity index (χ1n) is 7.84. The monoisotopic (exact) mass is 374 g/mol. The van der Waals surface area contributed by atoms with Crippen LogP contribution in [0.5, 0.6) is 11.5 Å². The fourth-order valence-electron chi connectivity index (χ4n) is 2.23. The number of esters is 1. The van der Waals surface area contributed by atoms with Gasteiger partial charge in [0.2, 0.25) is 0 Å². The summed E-state index contributed by atoms with van der Waals surface area (Å²) >= 11 is 0. The highest BCUT2D eigenvalue weighted by Gasteiger charge is 2.28. The van der Waals surface area contributed by atoms with Crippen LogP contribution in [0.15, 0.2) is 42.5 Å². The Morgan fingerprint density at radius 3 is 2.22 bits per heavy atom. The molecule has 0 aliphatic carbocycles. The standard InChI is InChI=1S/C18H18N2O7/c1-11(17(21)19-12-7-5-4-6-8-12)27-18(22)13-9-15(25-2)16(26-3)10-14(13)20(23)24/h4-11H,1-3H3,(H,19,21). The second kappa shape index (κ2) is 8.65. The SMILES string of the molecule is COc1cc(C(=O)OC(C)C(=O)Nc2ccccc2)c([N+](=O)[O-])cc1OC. The maximum Gasteiger partial charge on any atom is 0.346 e. The Morgan fingerprint density at radius 2 is 1.67 bits per heavy atom. The molecule has 142 valence electrons. The molecule has 27 heavy (non-hydrogen) atoms. The van der Waals surface area contributed by atoms with Gasteiger partial charge in [-0.15, -0.1) is 0 Å². The summed E-state index contributed by atoms with van der Waals surface area (Å²) in [5, 5.41) is 13.9. The lowest BCUT2D eigenvalue weighted by molar-refractivity contribution is -0.385. The molecule has 2 aromatic carbocycles. The number of nitro benzene ring substituents is 1. The maximum absolute atomic E-state index is 12.4. The lowest BCUT2D eigenvalue weighted by Gasteiger charge is -2.14. The zero-order chi connectivity index (χ0) is 20.0. The molecule has 2 rings (SSSR count). The van der Waals surface area contributed by atoms with Crippen LogP contribution in [-0.4, -0.2) is 37.1 Å². The number of ether oxygens (including phenoxy) is 3. The van der Waals surface area contributed by atoms with Crippen LogP contribution >= 0.6 is 0 Å². The summed E-state index contributed by atoms with van der Waals surface area (Å²) in [6.45, 7) is 1.36. The molecule has 9 heteroatoms. The van der Waals surface area contributed by atoms with Crippen LogP contribution in [0.1, 0.15) is 17.3 Å². The number of anilines is 1. The van der Waals surface area contributed by atoms with E-state index in [4.69, 9.17) is 14.2 Å². The van der Waals surface area contributed by atoms with Gasteiger partial charge in [-0.05, 0) is 19.1 Å². The van der Waals surface area contributed by atoms with Crippen molar-refractivity contribution in [1.29, 1.82) is 0 Å². The Labute approximate surface area is 155 Å². The van der Waals surface area contributed by atoms with E-state index in [0.29, 0.717) is 5.69 Å². The molecule has 1 unspecified atom stereocenters. The predicted octanol–water partition coefficient (Wildman–Crippen LogP) is 2.80. The van der Waals surface area contributed by atoms with E-state index in [1.807, 2.05) is 0 Å². The number of nitrogens with one attached hydrogen (secondary N) is 1. The topological polar surface area (TPSA) is 117 Å². The zero-order valence-electron chi connectivity index (χ0n) is 14.9. The van der Waals surface area contributed by atoms with Gasteiger partial charge >= 0.3 is 5.97 Å². The Kier molecular flexibility index (Phi) is 6.32. The number of benzene rings is 2. The van der Waals surface area contributed by atoms with Crippen molar-refractivity contribution in [2.24, 2.45) is 0 Å². The van der Waals surface area contributed by atoms with Gasteiger partial charge in [0.15, 0.2) is 17.6 Å². The van der Waals surface area contributed by atoms with E-state index < -0.39 is 28.6 Å². The van der Waals surface area contributed by atoms with Crippen LogP contribution in [0.3, 0.4) is 0 Å². The minimum absolute atomic E-state index is 0.0932. The molecular weight excluding hydrogens is 356 g/mol. The van der Waals surface area contributed by atoms with Crippen LogP contribution in [0, 0.1) is 10.1 Å². The van der Waals surface area contributed by atoms with Gasteiger partial charge in [-0.25, -0.2) is 4.79 Å². The number of methoxy groups -OCH3 is 2. The summed E-state index contributed by atoms with van der Waals surface area (Å²) in [5.74, 6) is -1.39. The molecule has 1 atom stereocenters. The summed E-state index contributed by atoms with van der Waals surface area (Å²) < 4.78 is 15.1. The molecule has 0 saturated heterocycles. The summed E-state index contributed by atoms with van der Waals surface area (Å²) in [7, 11) is 2.64. The Bertz CT molecular complexity index is 852. The average Bonchev–Trinajstić information content (AvgIpc) is 2.67. The first kappa shape index (κ1) is 19.7. The van der Waals surface area contributed by atoms with Gasteiger partial charge in [-0.2, -0.15) is 0 Å². The number of para-hydroxylation sites is 1. The summed E-state index contributed by atoms with van der Waals surface area (Å²) in [6.07, 6.45) is -1.18. The van der Waals surface area contributed by atoms with Gasteiger partial charge in [0, 0.05) is 11.8 Å². The van der Waals surface area contributed by atoms with Crippen molar-refractivity contribution >= 4 is 23.3 Å². The number of carbonyl (C=O) groups excluding carboxylic acids is 2. The summed E-state index contributed by atoms with van der Waals surface area (Å²) in [5.41, 5.74) is -0.340. The number of nitro groups is 1. The van der Waals surface area contributed by atoms with Gasteiger partial charge in [0.25, 0.3) is 11.6 Å². The lowest BCUT2D eigenvalue weighted by atomic mass is 10.1. The molecule has 0 heterocycles. The van der Waals surface area contributed by atoms with Crippen molar-refractivity contribution in [3.05, 3.63) is 58.1 Å². The molecule has 9 nitrogen and oxygen atoms in total. The third-order valence-electron chi connectivity index (χ3n) is 3.61. The van der Waals surface area contributed by atoms with Crippen LogP contribution in [0.2, 0.25) is 0 Å². The quantitative estimate of drug-likeness (QED) is 0.450. The van der Waals surface area contributed by atoms with Gasteiger partial charge in [0.05, 0.1) is 25.2 Å². The van der Waals surface area contributed by atoms with E-state index in [-0.39, 0.29) is 17.1 Å². The first-order chi connectivity index (χ1) is 12.9. The fraction of sp³-hybridized carbons (Fsp3) is 0.222. The third kappa shape index (κ3) is 4.72. The molecule has 2 aromatic rings. The van der Waals surface area contributed by atoms with Crippen LogP contribution in [-0.2, 0) is 9.53 Å². The van der Waals surface area contributed by atoms with Crippen LogP contribution in [0.25, 0.3) is 0 Å². The lowest BCUT2D eigenvalue weighted by Crippen LogP contribution is -2.30. The van der Waals surface area contributed by atoms with Crippen molar-refractivity contribution < 1.29 is 28.7 Å². The minimum Gasteiger partial charge on any atom is -0.493 e. The molecule has 0 aliphatic rings. The number of rotatable bonds is 7. The second-order valence-electron chi connectivity index (χ2n) is 5.38. The number of hydrogen-bond acceptors (Lipinski definition) is 7. The number of nitrogens with zero attached hydrogens (tertiary/aromatic N) is 1. The molecule has 0 spiro atoms. The van der Waals surface area contributed by atoms with E-state index in [0.717, 1.165) is 12.1 Å². The molecule has 0 bridgehead atoms. The highest BCUT2D eigenvalue weighted by atomic mass is 16.6. The van der Waals surface area contributed by atoms with Crippen molar-refractivity contribution in [2.75, 3.05) is 19.5 Å². The largest absolute Gasteiger partial charge is 0.493 e. The Balaban J connectivity index is 2.21. The van der Waals surface area contributed by atoms with Gasteiger partial charge in [-0.1, -0.05) is 18.2 Å². The zero-order valence-corrected chi connectivity index (χ0v) is 14.9. The first-order valence-corrected chi connectivity index (χ1v) is 7.84. The van der Waals surface area contributed by atoms with E-state index in [9.17, 15) is 19.7 Å². The van der Waals surface area contributed by atoms with Crippen molar-refractivity contribution in [2.45, 2.75) is 13.0 Å². The van der Waals surface area contributed by atoms with E-state index >= 15 is 0 Å². The normalized spacial score (nSPS) is 11.2. The number of carbonyl (C=O) groups is 2. The van der Waals surface area contributed by atoms with E-state index in [1.165, 1.54) is 21.1 Å². The third-order valence-corrected chi connectivity index (χ3v) is 3.61. The van der Waals surface area contributed by atoms with Crippen molar-refractivity contribution in [3.63, 3.8) is 0 Å². The highest BCUT2D eigenvalue weighted by Crippen LogP contribution is 2.35. The van der Waals surface area contributed by atoms with Crippen LogP contribution < -0.4 is 14.8 Å². The smallest absolute Gasteiger partial charge is 0.346 e. The average molecular weight is 374 g/mol. The van der Waals surface area contributed by atoms with Gasteiger partial charge in [-0.3, -0.25) is 14.9 Å². The molecule has 0 saturated carbocycles. The minimum atomic E-state index is -1.18. The predicted molar refractivity (Wildman–Crippen MR) is 96.1 cm³/mol. The molecule has 0 fully saturated rings. The maximum atomic E-state index is 12.4. The van der Waals surface area contributed by atoms with E-state index in [1.54, 1.807) is 30.3 Å². The number of amides is 1. The van der Waals surface area contributed by atoms with Gasteiger partial charge in [0.1, 0.15) is 5.56 Å². The number of hydrogen-bond donors (Lipinski definition) is 1. The van der Waals surface area contributed by atoms with Crippen molar-refractivity contribution in [3.8, 4) is 11.5 Å². The molecule has 1 amide bonds. The Hall–Kier alpha value is -3.62. The van der Waals surface area contributed by atoms with Crippen LogP contribution in [0.4, 0.5) is 11.4 Å². The van der Waals surface area contributed by atoms with E-state index in [2.05, 4.69) is 5.32 Å². The second-order valence-corrected chi connectivity index (χ2v) is 5.38. The highest BCUT2D eigenvalue weighted by molar-refractivity contribution is 5.99. The molecular formula is C18H18N2O7. The molecule has 0 radical (unpaired) electrons. The van der Waals surface area contributed by atoms with Gasteiger partial charge < -0.3 is 19.5 Å². The molecule has 0 aliphatic heterocycles. The van der Waals surface area contributed by atoms with Crippen molar-refractivity contribution in [1.82, 2.24) is 0 Å². The summed E-state index contributed by atoms with van der Waals surface area (Å²) in [4.78, 5) is 35.1. The fourth-order valence-corrected chi connectivity index (χ4v) is 2.23.